The molecule has 6 heteroatoms. The lowest BCUT2D eigenvalue weighted by Gasteiger charge is -2.18. The molecule has 0 aromatic heterocycles. The van der Waals surface area contributed by atoms with Crippen LogP contribution in [0, 0.1) is 0 Å². The first-order chi connectivity index (χ1) is 40.0. The highest BCUT2D eigenvalue weighted by Gasteiger charge is 2.19. The number of hydrogen-bond acceptors (Lipinski definition) is 6. The molecule has 460 valence electrons. The van der Waals surface area contributed by atoms with Crippen molar-refractivity contribution in [3.8, 4) is 0 Å². The largest absolute Gasteiger partial charge is 0.462 e. The van der Waals surface area contributed by atoms with Gasteiger partial charge >= 0.3 is 17.9 Å². The highest BCUT2D eigenvalue weighted by Crippen LogP contribution is 2.17. The molecule has 0 aliphatic carbocycles. The highest BCUT2D eigenvalue weighted by molar-refractivity contribution is 5.71. The minimum atomic E-state index is -0.799. The minimum absolute atomic E-state index is 0.0924. The molecule has 0 spiro atoms. The summed E-state index contributed by atoms with van der Waals surface area (Å²) in [6.45, 7) is 6.29. The summed E-state index contributed by atoms with van der Waals surface area (Å²) >= 11 is 0. The maximum absolute atomic E-state index is 12.9. The van der Waals surface area contributed by atoms with Gasteiger partial charge in [-0.25, -0.2) is 0 Å². The fourth-order valence-corrected chi connectivity index (χ4v) is 9.21. The molecular formula is C75H124O6. The van der Waals surface area contributed by atoms with Gasteiger partial charge in [-0.3, -0.25) is 14.4 Å². The van der Waals surface area contributed by atoms with Crippen molar-refractivity contribution in [3.05, 3.63) is 134 Å². The van der Waals surface area contributed by atoms with Crippen molar-refractivity contribution < 1.29 is 28.6 Å². The van der Waals surface area contributed by atoms with Crippen molar-refractivity contribution in [2.45, 2.75) is 309 Å². The highest BCUT2D eigenvalue weighted by atomic mass is 16.6. The fraction of sp³-hybridized carbons (Fsp3) is 0.667. The molecule has 0 N–H and O–H groups in total. The lowest BCUT2D eigenvalue weighted by atomic mass is 10.0. The number of ether oxygens (including phenoxy) is 3. The Kier molecular flexibility index (Phi) is 64.3. The van der Waals surface area contributed by atoms with Gasteiger partial charge in [0.05, 0.1) is 0 Å². The van der Waals surface area contributed by atoms with Crippen molar-refractivity contribution in [1.82, 2.24) is 0 Å². The zero-order valence-electron chi connectivity index (χ0n) is 52.8. The van der Waals surface area contributed by atoms with Gasteiger partial charge in [-0.05, 0) is 128 Å². The van der Waals surface area contributed by atoms with Crippen molar-refractivity contribution in [3.63, 3.8) is 0 Å². The van der Waals surface area contributed by atoms with Crippen LogP contribution in [0.4, 0.5) is 0 Å². The maximum atomic E-state index is 12.9. The van der Waals surface area contributed by atoms with E-state index in [9.17, 15) is 14.4 Å². The Labute approximate surface area is 500 Å². The van der Waals surface area contributed by atoms with Crippen LogP contribution >= 0.6 is 0 Å². The molecule has 0 aliphatic heterocycles. The molecule has 0 aromatic carbocycles. The van der Waals surface area contributed by atoms with Crippen molar-refractivity contribution in [2.24, 2.45) is 0 Å². The van der Waals surface area contributed by atoms with Crippen LogP contribution in [0.25, 0.3) is 0 Å². The van der Waals surface area contributed by atoms with Crippen molar-refractivity contribution in [1.29, 1.82) is 0 Å². The molecule has 0 saturated heterocycles. The number of hydrogen-bond donors (Lipinski definition) is 0. The number of rotatable bonds is 60. The van der Waals surface area contributed by atoms with E-state index in [0.29, 0.717) is 19.3 Å². The van der Waals surface area contributed by atoms with Crippen LogP contribution in [0.5, 0.6) is 0 Å². The van der Waals surface area contributed by atoms with Crippen molar-refractivity contribution in [2.75, 3.05) is 13.2 Å². The number of carbonyl (C=O) groups excluding carboxylic acids is 3. The molecule has 6 nitrogen and oxygen atoms in total. The average molecular weight is 1120 g/mol. The van der Waals surface area contributed by atoms with Crippen LogP contribution in [-0.4, -0.2) is 37.2 Å². The van der Waals surface area contributed by atoms with Crippen LogP contribution < -0.4 is 0 Å². The van der Waals surface area contributed by atoms with E-state index in [0.717, 1.165) is 141 Å². The summed E-state index contributed by atoms with van der Waals surface area (Å²) in [5, 5.41) is 0. The predicted octanol–water partition coefficient (Wildman–Crippen LogP) is 23.3. The van der Waals surface area contributed by atoms with E-state index in [4.69, 9.17) is 14.2 Å². The minimum Gasteiger partial charge on any atom is -0.462 e. The van der Waals surface area contributed by atoms with Crippen LogP contribution in [-0.2, 0) is 28.6 Å². The second-order valence-electron chi connectivity index (χ2n) is 21.9. The Morgan fingerprint density at radius 1 is 0.247 bits per heavy atom. The molecule has 0 amide bonds. The average Bonchev–Trinajstić information content (AvgIpc) is 3.46. The molecule has 0 aliphatic rings. The number of esters is 3. The molecule has 81 heavy (non-hydrogen) atoms. The fourth-order valence-electron chi connectivity index (χ4n) is 9.21. The standard InChI is InChI=1S/C75H124O6/c1-4-7-10-13-16-19-22-25-27-29-31-33-34-35-36-37-38-39-40-42-43-45-47-50-53-56-59-62-65-68-74(77)80-71-72(70-79-73(76)67-64-61-58-55-52-49-24-21-18-15-12-9-6-3)81-75(78)69-66-63-60-57-54-51-48-46-44-41-32-30-28-26-23-20-17-14-11-8-5-2/h7-12,16-21,25-28,31-33,41,49,52,72H,4-6,13-15,22-24,29-30,34-40,42-48,50-51,53-71H2,1-3H3/b10-7-,11-8-,12-9-,19-16-,20-17-,21-18-,27-25-,28-26-,33-31-,41-32-,52-49-. The first kappa shape index (κ1) is 76.5. The van der Waals surface area contributed by atoms with Crippen LogP contribution in [0.15, 0.2) is 134 Å². The third-order valence-electron chi connectivity index (χ3n) is 14.1. The van der Waals surface area contributed by atoms with Crippen molar-refractivity contribution >= 4 is 17.9 Å². The number of carbonyl (C=O) groups is 3. The molecule has 0 heterocycles. The normalized spacial score (nSPS) is 13.0. The van der Waals surface area contributed by atoms with Crippen LogP contribution in [0.1, 0.15) is 303 Å². The van der Waals surface area contributed by atoms with Gasteiger partial charge in [-0.2, -0.15) is 0 Å². The Morgan fingerprint density at radius 2 is 0.444 bits per heavy atom. The Morgan fingerprint density at radius 3 is 0.704 bits per heavy atom. The molecule has 0 saturated carbocycles. The van der Waals surface area contributed by atoms with E-state index in [-0.39, 0.29) is 31.1 Å². The van der Waals surface area contributed by atoms with Gasteiger partial charge in [0.25, 0.3) is 0 Å². The number of unbranched alkanes of at least 4 members (excludes halogenated alkanes) is 27. The van der Waals surface area contributed by atoms with E-state index < -0.39 is 6.10 Å². The third kappa shape index (κ3) is 66.2. The third-order valence-corrected chi connectivity index (χ3v) is 14.1. The van der Waals surface area contributed by atoms with E-state index >= 15 is 0 Å². The molecule has 0 rings (SSSR count). The first-order valence-corrected chi connectivity index (χ1v) is 33.7. The second kappa shape index (κ2) is 68.1. The van der Waals surface area contributed by atoms with Gasteiger partial charge in [-0.15, -0.1) is 0 Å². The topological polar surface area (TPSA) is 78.9 Å². The predicted molar refractivity (Wildman–Crippen MR) is 353 cm³/mol. The molecule has 0 bridgehead atoms. The zero-order valence-corrected chi connectivity index (χ0v) is 52.8. The summed E-state index contributed by atoms with van der Waals surface area (Å²) in [6.07, 6.45) is 96.2. The molecule has 0 radical (unpaired) electrons. The van der Waals surface area contributed by atoms with Gasteiger partial charge in [-0.1, -0.05) is 289 Å². The Bertz CT molecular complexity index is 1720. The van der Waals surface area contributed by atoms with Gasteiger partial charge in [0.15, 0.2) is 6.10 Å². The monoisotopic (exact) mass is 1120 g/mol. The van der Waals surface area contributed by atoms with Crippen LogP contribution in [0.2, 0.25) is 0 Å². The second-order valence-corrected chi connectivity index (χ2v) is 21.9. The molecule has 1 atom stereocenters. The summed E-state index contributed by atoms with van der Waals surface area (Å²) in [6, 6.07) is 0. The smallest absolute Gasteiger partial charge is 0.306 e. The zero-order chi connectivity index (χ0) is 58.5. The Hall–Kier alpha value is -4.45. The van der Waals surface area contributed by atoms with E-state index in [1.54, 1.807) is 0 Å². The van der Waals surface area contributed by atoms with Gasteiger partial charge in [0.1, 0.15) is 13.2 Å². The molecular weight excluding hydrogens is 997 g/mol. The van der Waals surface area contributed by atoms with Gasteiger partial charge in [0.2, 0.25) is 0 Å². The SMILES string of the molecule is CC/C=C\C/C=C\C/C=C\C/C=C\CCCCCCCCCCCCCCCCCCC(=O)OCC(COC(=O)CCCCC/C=C\C/C=C\C/C=C\CC)OC(=O)CCCCCCCCCC/C=C\C/C=C\C/C=C\C/C=C\CC. The van der Waals surface area contributed by atoms with E-state index in [2.05, 4.69) is 154 Å². The maximum Gasteiger partial charge on any atom is 0.306 e. The lowest BCUT2D eigenvalue weighted by molar-refractivity contribution is -0.167. The first-order valence-electron chi connectivity index (χ1n) is 33.7. The summed E-state index contributed by atoms with van der Waals surface area (Å²) < 4.78 is 16.9. The quantitative estimate of drug-likeness (QED) is 0.0261. The van der Waals surface area contributed by atoms with E-state index in [1.807, 2.05) is 0 Å². The summed E-state index contributed by atoms with van der Waals surface area (Å²) in [7, 11) is 0. The van der Waals surface area contributed by atoms with Gasteiger partial charge in [0, 0.05) is 19.3 Å². The molecule has 1 unspecified atom stereocenters. The number of allylic oxidation sites excluding steroid dienone is 22. The molecule has 0 fully saturated rings. The Balaban J connectivity index is 4.29. The summed E-state index contributed by atoms with van der Waals surface area (Å²) in [5.74, 6) is -0.925. The van der Waals surface area contributed by atoms with E-state index in [1.165, 1.54) is 122 Å². The molecule has 0 aromatic rings. The summed E-state index contributed by atoms with van der Waals surface area (Å²) in [5.41, 5.74) is 0. The lowest BCUT2D eigenvalue weighted by Crippen LogP contribution is -2.30. The van der Waals surface area contributed by atoms with Gasteiger partial charge < -0.3 is 14.2 Å². The van der Waals surface area contributed by atoms with Crippen LogP contribution in [0.3, 0.4) is 0 Å². The summed E-state index contributed by atoms with van der Waals surface area (Å²) in [4.78, 5) is 38.4.